The minimum Gasteiger partial charge on any atom is -0.378 e. The maximum absolute atomic E-state index is 13.1. The van der Waals surface area contributed by atoms with Crippen molar-refractivity contribution in [1.82, 2.24) is 4.98 Å². The lowest BCUT2D eigenvalue weighted by atomic mass is 10.1. The van der Waals surface area contributed by atoms with Crippen LogP contribution in [-0.4, -0.2) is 4.98 Å². The zero-order chi connectivity index (χ0) is 15.6. The van der Waals surface area contributed by atoms with Crippen molar-refractivity contribution in [2.75, 3.05) is 5.32 Å². The summed E-state index contributed by atoms with van der Waals surface area (Å²) < 4.78 is 52.0. The predicted molar refractivity (Wildman–Crippen MR) is 72.7 cm³/mol. The smallest absolute Gasteiger partial charge is 0.378 e. The van der Waals surface area contributed by atoms with Gasteiger partial charge in [0, 0.05) is 16.9 Å². The molecule has 1 aromatic heterocycles. The summed E-state index contributed by atoms with van der Waals surface area (Å²) in [4.78, 5) is 3.67. The Morgan fingerprint density at radius 2 is 1.90 bits per heavy atom. The molecule has 112 valence electrons. The second kappa shape index (κ2) is 5.89. The molecular formula is C14H11ClF4N2. The zero-order valence-corrected chi connectivity index (χ0v) is 11.6. The Morgan fingerprint density at radius 3 is 2.52 bits per heavy atom. The van der Waals surface area contributed by atoms with Crippen molar-refractivity contribution in [3.63, 3.8) is 0 Å². The zero-order valence-electron chi connectivity index (χ0n) is 10.9. The van der Waals surface area contributed by atoms with E-state index in [0.717, 1.165) is 12.3 Å². The van der Waals surface area contributed by atoms with Crippen LogP contribution in [0.15, 0.2) is 36.7 Å². The van der Waals surface area contributed by atoms with Gasteiger partial charge in [0.1, 0.15) is 5.82 Å². The Labute approximate surface area is 123 Å². The largest absolute Gasteiger partial charge is 0.418 e. The monoisotopic (exact) mass is 318 g/mol. The first-order valence-corrected chi connectivity index (χ1v) is 6.39. The molecule has 0 fully saturated rings. The minimum atomic E-state index is -4.53. The fourth-order valence-corrected chi connectivity index (χ4v) is 2.03. The first-order chi connectivity index (χ1) is 9.77. The number of hydrogen-bond donors (Lipinski definition) is 1. The molecule has 0 amide bonds. The molecule has 1 N–H and O–H groups in total. The number of benzene rings is 1. The van der Waals surface area contributed by atoms with E-state index in [1.165, 1.54) is 24.4 Å². The van der Waals surface area contributed by atoms with Crippen LogP contribution in [0.5, 0.6) is 0 Å². The van der Waals surface area contributed by atoms with Gasteiger partial charge in [-0.15, -0.1) is 0 Å². The van der Waals surface area contributed by atoms with Crippen molar-refractivity contribution < 1.29 is 17.6 Å². The summed E-state index contributed by atoms with van der Waals surface area (Å²) in [7, 11) is 0. The molecule has 0 saturated carbocycles. The Morgan fingerprint density at radius 1 is 1.19 bits per heavy atom. The number of halogens is 5. The molecule has 0 radical (unpaired) electrons. The molecule has 0 spiro atoms. The van der Waals surface area contributed by atoms with E-state index in [1.807, 2.05) is 0 Å². The van der Waals surface area contributed by atoms with E-state index in [0.29, 0.717) is 5.56 Å². The van der Waals surface area contributed by atoms with Crippen LogP contribution >= 0.6 is 11.6 Å². The number of alkyl halides is 3. The number of nitrogens with zero attached hydrogens (tertiary/aromatic N) is 1. The second-order valence-corrected chi connectivity index (χ2v) is 4.93. The highest BCUT2D eigenvalue weighted by Gasteiger charge is 2.34. The summed E-state index contributed by atoms with van der Waals surface area (Å²) >= 11 is 5.61. The lowest BCUT2D eigenvalue weighted by molar-refractivity contribution is -0.137. The average Bonchev–Trinajstić information content (AvgIpc) is 2.39. The molecule has 21 heavy (non-hydrogen) atoms. The van der Waals surface area contributed by atoms with Gasteiger partial charge in [-0.2, -0.15) is 13.2 Å². The summed E-state index contributed by atoms with van der Waals surface area (Å²) in [6.07, 6.45) is -2.11. The van der Waals surface area contributed by atoms with E-state index in [9.17, 15) is 17.6 Å². The Bertz CT molecular complexity index is 643. The van der Waals surface area contributed by atoms with E-state index in [2.05, 4.69) is 10.3 Å². The van der Waals surface area contributed by atoms with Crippen LogP contribution in [0, 0.1) is 5.82 Å². The lowest BCUT2D eigenvalue weighted by Crippen LogP contribution is -2.13. The fourth-order valence-electron chi connectivity index (χ4n) is 1.86. The maximum Gasteiger partial charge on any atom is 0.418 e. The standard InChI is InChI=1S/C14H11ClF4N2/c1-8(9-4-11(16)7-20-6-9)21-13-3-2-10(15)5-12(13)14(17,18)19/h2-8,21H,1H3. The van der Waals surface area contributed by atoms with Crippen molar-refractivity contribution in [1.29, 1.82) is 0 Å². The molecule has 0 bridgehead atoms. The third-order valence-corrected chi connectivity index (χ3v) is 3.12. The molecule has 1 aromatic carbocycles. The van der Waals surface area contributed by atoms with Crippen molar-refractivity contribution in [3.05, 3.63) is 58.6 Å². The normalized spacial score (nSPS) is 13.0. The van der Waals surface area contributed by atoms with Gasteiger partial charge >= 0.3 is 6.18 Å². The summed E-state index contributed by atoms with van der Waals surface area (Å²) in [5.74, 6) is -0.548. The van der Waals surface area contributed by atoms with Crippen LogP contribution in [0.2, 0.25) is 5.02 Å². The highest BCUT2D eigenvalue weighted by molar-refractivity contribution is 6.30. The number of rotatable bonds is 3. The van der Waals surface area contributed by atoms with Crippen molar-refractivity contribution >= 4 is 17.3 Å². The first kappa shape index (κ1) is 15.6. The third kappa shape index (κ3) is 3.85. The van der Waals surface area contributed by atoms with E-state index < -0.39 is 23.6 Å². The maximum atomic E-state index is 13.1. The van der Waals surface area contributed by atoms with Gasteiger partial charge in [-0.25, -0.2) is 4.39 Å². The molecular weight excluding hydrogens is 308 g/mol. The van der Waals surface area contributed by atoms with Crippen LogP contribution in [0.3, 0.4) is 0 Å². The molecule has 1 heterocycles. The summed E-state index contributed by atoms with van der Waals surface area (Å²) in [5, 5.41) is 2.70. The molecule has 2 rings (SSSR count). The molecule has 2 aromatic rings. The van der Waals surface area contributed by atoms with Gasteiger partial charge in [-0.3, -0.25) is 4.98 Å². The quantitative estimate of drug-likeness (QED) is 0.800. The highest BCUT2D eigenvalue weighted by Crippen LogP contribution is 2.37. The topological polar surface area (TPSA) is 24.9 Å². The Kier molecular flexibility index (Phi) is 4.37. The number of anilines is 1. The molecule has 1 unspecified atom stereocenters. The molecule has 2 nitrogen and oxygen atoms in total. The first-order valence-electron chi connectivity index (χ1n) is 6.01. The van der Waals surface area contributed by atoms with E-state index >= 15 is 0 Å². The number of aromatic nitrogens is 1. The van der Waals surface area contributed by atoms with Crippen molar-refractivity contribution in [2.24, 2.45) is 0 Å². The summed E-state index contributed by atoms with van der Waals surface area (Å²) in [6.45, 7) is 1.62. The van der Waals surface area contributed by atoms with Crippen LogP contribution in [0.1, 0.15) is 24.1 Å². The lowest BCUT2D eigenvalue weighted by Gasteiger charge is -2.19. The SMILES string of the molecule is CC(Nc1ccc(Cl)cc1C(F)(F)F)c1cncc(F)c1. The Balaban J connectivity index is 2.31. The van der Waals surface area contributed by atoms with Crippen LogP contribution in [-0.2, 0) is 6.18 Å². The van der Waals surface area contributed by atoms with Gasteiger partial charge in [-0.05, 0) is 36.8 Å². The number of pyridine rings is 1. The van der Waals surface area contributed by atoms with Crippen molar-refractivity contribution in [3.8, 4) is 0 Å². The highest BCUT2D eigenvalue weighted by atomic mass is 35.5. The molecule has 0 aliphatic carbocycles. The Hall–Kier alpha value is -1.82. The van der Waals surface area contributed by atoms with Crippen LogP contribution in [0.25, 0.3) is 0 Å². The summed E-state index contributed by atoms with van der Waals surface area (Å²) in [6, 6.07) is 4.12. The van der Waals surface area contributed by atoms with Gasteiger partial charge in [0.15, 0.2) is 0 Å². The van der Waals surface area contributed by atoms with Gasteiger partial charge < -0.3 is 5.32 Å². The van der Waals surface area contributed by atoms with Gasteiger partial charge in [-0.1, -0.05) is 11.6 Å². The van der Waals surface area contributed by atoms with Gasteiger partial charge in [0.2, 0.25) is 0 Å². The molecule has 0 aliphatic rings. The molecule has 0 saturated heterocycles. The van der Waals surface area contributed by atoms with E-state index in [-0.39, 0.29) is 10.7 Å². The third-order valence-electron chi connectivity index (χ3n) is 2.89. The van der Waals surface area contributed by atoms with Crippen LogP contribution < -0.4 is 5.32 Å². The molecule has 0 aliphatic heterocycles. The number of hydrogen-bond acceptors (Lipinski definition) is 2. The molecule has 1 atom stereocenters. The van der Waals surface area contributed by atoms with E-state index in [1.54, 1.807) is 6.92 Å². The van der Waals surface area contributed by atoms with E-state index in [4.69, 9.17) is 11.6 Å². The average molecular weight is 319 g/mol. The summed E-state index contributed by atoms with van der Waals surface area (Å²) in [5.41, 5.74) is -0.548. The van der Waals surface area contributed by atoms with Gasteiger partial charge in [0.05, 0.1) is 17.8 Å². The number of nitrogens with one attached hydrogen (secondary N) is 1. The molecule has 7 heteroatoms. The van der Waals surface area contributed by atoms with Gasteiger partial charge in [0.25, 0.3) is 0 Å². The van der Waals surface area contributed by atoms with Crippen molar-refractivity contribution in [2.45, 2.75) is 19.1 Å². The van der Waals surface area contributed by atoms with Crippen LogP contribution in [0.4, 0.5) is 23.2 Å². The predicted octanol–water partition coefficient (Wildman–Crippen LogP) is 5.07. The fraction of sp³-hybridized carbons (Fsp3) is 0.214. The minimum absolute atomic E-state index is 0.00653. The second-order valence-electron chi connectivity index (χ2n) is 4.49.